The lowest BCUT2D eigenvalue weighted by molar-refractivity contribution is 0.297. The molecule has 0 bridgehead atoms. The molecule has 0 unspecified atom stereocenters. The number of fused-ring (bicyclic) bond motifs is 1. The molecule has 0 spiro atoms. The summed E-state index contributed by atoms with van der Waals surface area (Å²) in [6.45, 7) is 0.236. The van der Waals surface area contributed by atoms with Crippen LogP contribution in [0.3, 0.4) is 0 Å². The lowest BCUT2D eigenvalue weighted by Crippen LogP contribution is -2.10. The van der Waals surface area contributed by atoms with Gasteiger partial charge in [-0.05, 0) is 29.8 Å². The van der Waals surface area contributed by atoms with E-state index < -0.39 is 0 Å². The van der Waals surface area contributed by atoms with Gasteiger partial charge in [0.05, 0.1) is 12.5 Å². The van der Waals surface area contributed by atoms with Crippen molar-refractivity contribution in [2.24, 2.45) is 0 Å². The van der Waals surface area contributed by atoms with E-state index >= 15 is 0 Å². The number of benzene rings is 3. The van der Waals surface area contributed by atoms with E-state index in [9.17, 15) is 4.79 Å². The van der Waals surface area contributed by atoms with Gasteiger partial charge in [0.2, 0.25) is 11.2 Å². The third-order valence-electron chi connectivity index (χ3n) is 4.31. The lowest BCUT2D eigenvalue weighted by Gasteiger charge is -2.12. The SMILES string of the molecule is COc1cccc(COc2c(-c3ccccc3)oc3ccccc3c2=O)c1. The fraction of sp³-hybridized carbons (Fsp3) is 0.0870. The van der Waals surface area contributed by atoms with Gasteiger partial charge in [0, 0.05) is 5.56 Å². The molecule has 0 saturated carbocycles. The van der Waals surface area contributed by atoms with Gasteiger partial charge in [0.25, 0.3) is 0 Å². The van der Waals surface area contributed by atoms with Gasteiger partial charge in [-0.25, -0.2) is 0 Å². The van der Waals surface area contributed by atoms with E-state index in [-0.39, 0.29) is 17.8 Å². The highest BCUT2D eigenvalue weighted by molar-refractivity contribution is 5.81. The van der Waals surface area contributed by atoms with Gasteiger partial charge in [-0.2, -0.15) is 0 Å². The summed E-state index contributed by atoms with van der Waals surface area (Å²) in [4.78, 5) is 13.1. The molecule has 1 heterocycles. The van der Waals surface area contributed by atoms with Crippen LogP contribution in [-0.4, -0.2) is 7.11 Å². The van der Waals surface area contributed by atoms with Crippen LogP contribution < -0.4 is 14.9 Å². The Morgan fingerprint density at radius 1 is 0.889 bits per heavy atom. The van der Waals surface area contributed by atoms with Gasteiger partial charge in [0.15, 0.2) is 5.76 Å². The van der Waals surface area contributed by atoms with Crippen molar-refractivity contribution in [1.82, 2.24) is 0 Å². The summed E-state index contributed by atoms with van der Waals surface area (Å²) in [6.07, 6.45) is 0. The summed E-state index contributed by atoms with van der Waals surface area (Å²) in [5.74, 6) is 1.38. The van der Waals surface area contributed by atoms with E-state index in [1.165, 1.54) is 0 Å². The minimum absolute atomic E-state index is 0.182. The van der Waals surface area contributed by atoms with Gasteiger partial charge in [-0.3, -0.25) is 4.79 Å². The molecule has 0 fully saturated rings. The Labute approximate surface area is 156 Å². The van der Waals surface area contributed by atoms with Crippen molar-refractivity contribution in [3.63, 3.8) is 0 Å². The monoisotopic (exact) mass is 358 g/mol. The second-order valence-corrected chi connectivity index (χ2v) is 6.09. The number of para-hydroxylation sites is 1. The third-order valence-corrected chi connectivity index (χ3v) is 4.31. The van der Waals surface area contributed by atoms with Crippen molar-refractivity contribution in [2.75, 3.05) is 7.11 Å². The topological polar surface area (TPSA) is 48.7 Å². The van der Waals surface area contributed by atoms with E-state index in [2.05, 4.69) is 0 Å². The Balaban J connectivity index is 1.80. The molecule has 134 valence electrons. The van der Waals surface area contributed by atoms with Gasteiger partial charge in [-0.15, -0.1) is 0 Å². The Morgan fingerprint density at radius 3 is 2.48 bits per heavy atom. The van der Waals surface area contributed by atoms with Crippen LogP contribution in [0, 0.1) is 0 Å². The molecule has 0 N–H and O–H groups in total. The predicted molar refractivity (Wildman–Crippen MR) is 105 cm³/mol. The Morgan fingerprint density at radius 2 is 1.67 bits per heavy atom. The zero-order valence-corrected chi connectivity index (χ0v) is 14.8. The maximum atomic E-state index is 13.1. The number of hydrogen-bond acceptors (Lipinski definition) is 4. The molecule has 4 rings (SSSR count). The Hall–Kier alpha value is -3.53. The van der Waals surface area contributed by atoms with Crippen molar-refractivity contribution in [2.45, 2.75) is 6.61 Å². The molecular weight excluding hydrogens is 340 g/mol. The van der Waals surface area contributed by atoms with E-state index in [0.717, 1.165) is 16.9 Å². The quantitative estimate of drug-likeness (QED) is 0.501. The molecule has 4 nitrogen and oxygen atoms in total. The normalized spacial score (nSPS) is 10.7. The van der Waals surface area contributed by atoms with Crippen LogP contribution in [0.2, 0.25) is 0 Å². The molecule has 0 aliphatic rings. The molecular formula is C23H18O4. The minimum atomic E-state index is -0.182. The molecule has 0 aliphatic carbocycles. The number of ether oxygens (including phenoxy) is 2. The summed E-state index contributed by atoms with van der Waals surface area (Å²) in [7, 11) is 1.62. The lowest BCUT2D eigenvalue weighted by atomic mass is 10.1. The summed E-state index contributed by atoms with van der Waals surface area (Å²) in [5.41, 5.74) is 2.05. The maximum absolute atomic E-state index is 13.1. The van der Waals surface area contributed by atoms with Crippen molar-refractivity contribution in [1.29, 1.82) is 0 Å². The first-order valence-corrected chi connectivity index (χ1v) is 8.63. The first kappa shape index (κ1) is 16.9. The van der Waals surface area contributed by atoms with Gasteiger partial charge in [-0.1, -0.05) is 54.6 Å². The second kappa shape index (κ2) is 7.38. The first-order valence-electron chi connectivity index (χ1n) is 8.63. The Kier molecular flexibility index (Phi) is 4.62. The van der Waals surface area contributed by atoms with Gasteiger partial charge in [0.1, 0.15) is 17.9 Å². The zero-order chi connectivity index (χ0) is 18.6. The number of hydrogen-bond donors (Lipinski definition) is 0. The molecule has 0 radical (unpaired) electrons. The highest BCUT2D eigenvalue weighted by Gasteiger charge is 2.17. The molecule has 4 heteroatoms. The second-order valence-electron chi connectivity index (χ2n) is 6.09. The standard InChI is InChI=1S/C23H18O4/c1-25-18-11-7-8-16(14-18)15-26-23-21(24)19-12-5-6-13-20(19)27-22(23)17-9-3-2-4-10-17/h2-14H,15H2,1H3. The van der Waals surface area contributed by atoms with Crippen LogP contribution in [0.25, 0.3) is 22.3 Å². The zero-order valence-electron chi connectivity index (χ0n) is 14.8. The molecule has 0 aliphatic heterocycles. The first-order chi connectivity index (χ1) is 13.3. The largest absolute Gasteiger partial charge is 0.497 e. The van der Waals surface area contributed by atoms with Gasteiger partial charge >= 0.3 is 0 Å². The molecule has 0 atom stereocenters. The van der Waals surface area contributed by atoms with Crippen molar-refractivity contribution in [3.05, 3.63) is 94.6 Å². The molecule has 0 saturated heterocycles. The van der Waals surface area contributed by atoms with Crippen LogP contribution >= 0.6 is 0 Å². The summed E-state index contributed by atoms with van der Waals surface area (Å²) in [5, 5.41) is 0.498. The fourth-order valence-corrected chi connectivity index (χ4v) is 2.95. The van der Waals surface area contributed by atoms with E-state index in [1.807, 2.05) is 66.7 Å². The van der Waals surface area contributed by atoms with Crippen molar-refractivity contribution in [3.8, 4) is 22.8 Å². The summed E-state index contributed by atoms with van der Waals surface area (Å²) >= 11 is 0. The van der Waals surface area contributed by atoms with Crippen LogP contribution in [0.5, 0.6) is 11.5 Å². The number of methoxy groups -OCH3 is 1. The molecule has 4 aromatic rings. The average molecular weight is 358 g/mol. The van der Waals surface area contributed by atoms with Crippen LogP contribution in [0.4, 0.5) is 0 Å². The van der Waals surface area contributed by atoms with Gasteiger partial charge < -0.3 is 13.9 Å². The molecule has 3 aromatic carbocycles. The summed E-state index contributed by atoms with van der Waals surface area (Å²) < 4.78 is 17.2. The number of rotatable bonds is 5. The van der Waals surface area contributed by atoms with E-state index in [0.29, 0.717) is 16.7 Å². The minimum Gasteiger partial charge on any atom is -0.497 e. The van der Waals surface area contributed by atoms with Crippen LogP contribution in [0.1, 0.15) is 5.56 Å². The third kappa shape index (κ3) is 3.42. The van der Waals surface area contributed by atoms with E-state index in [1.54, 1.807) is 19.2 Å². The molecule has 1 aromatic heterocycles. The van der Waals surface area contributed by atoms with Crippen LogP contribution in [0.15, 0.2) is 88.1 Å². The summed E-state index contributed by atoms with van der Waals surface area (Å²) in [6, 6.07) is 24.2. The van der Waals surface area contributed by atoms with Crippen molar-refractivity contribution < 1.29 is 13.9 Å². The van der Waals surface area contributed by atoms with Crippen LogP contribution in [-0.2, 0) is 6.61 Å². The van der Waals surface area contributed by atoms with E-state index in [4.69, 9.17) is 13.9 Å². The maximum Gasteiger partial charge on any atom is 0.235 e. The average Bonchev–Trinajstić information content (AvgIpc) is 2.74. The molecule has 0 amide bonds. The highest BCUT2D eigenvalue weighted by atomic mass is 16.5. The fourth-order valence-electron chi connectivity index (χ4n) is 2.95. The Bertz CT molecular complexity index is 1130. The smallest absolute Gasteiger partial charge is 0.235 e. The predicted octanol–water partition coefficient (Wildman–Crippen LogP) is 5.05. The van der Waals surface area contributed by atoms with Crippen molar-refractivity contribution >= 4 is 11.0 Å². The molecule has 27 heavy (non-hydrogen) atoms. The highest BCUT2D eigenvalue weighted by Crippen LogP contribution is 2.31.